The second-order valence-corrected chi connectivity index (χ2v) is 5.28. The maximum Gasteiger partial charge on any atom is 0.255 e. The minimum absolute atomic E-state index is 0.253. The highest BCUT2D eigenvalue weighted by molar-refractivity contribution is 9.10. The Kier molecular flexibility index (Phi) is 4.77. The van der Waals surface area contributed by atoms with Crippen molar-refractivity contribution in [3.8, 4) is 5.75 Å². The number of halogens is 1. The van der Waals surface area contributed by atoms with Crippen LogP contribution in [0.1, 0.15) is 16.1 Å². The molecule has 0 aliphatic heterocycles. The van der Waals surface area contributed by atoms with Crippen LogP contribution >= 0.6 is 15.9 Å². The standard InChI is InChI=1S/C14H15BrN4O2/c1-8-3-9(4-13(17-8)19-16)14(20)18-11-5-10(15)6-12(7-11)21-2/h3-7H,16H2,1-2H3,(H,17,19)(H,18,20). The Balaban J connectivity index is 2.25. The molecular formula is C14H15BrN4O2. The maximum absolute atomic E-state index is 12.3. The highest BCUT2D eigenvalue weighted by Gasteiger charge is 2.10. The number of hydrogen-bond acceptors (Lipinski definition) is 5. The summed E-state index contributed by atoms with van der Waals surface area (Å²) in [4.78, 5) is 16.4. The molecule has 2 rings (SSSR count). The van der Waals surface area contributed by atoms with Gasteiger partial charge < -0.3 is 15.5 Å². The van der Waals surface area contributed by atoms with E-state index in [0.29, 0.717) is 28.5 Å². The first-order chi connectivity index (χ1) is 10.0. The van der Waals surface area contributed by atoms with Crippen LogP contribution in [0.2, 0.25) is 0 Å². The molecule has 6 nitrogen and oxygen atoms in total. The lowest BCUT2D eigenvalue weighted by Gasteiger charge is -2.09. The number of methoxy groups -OCH3 is 1. The summed E-state index contributed by atoms with van der Waals surface area (Å²) in [5.41, 5.74) is 4.23. The van der Waals surface area contributed by atoms with E-state index in [0.717, 1.165) is 4.47 Å². The van der Waals surface area contributed by atoms with Crippen LogP contribution in [-0.2, 0) is 0 Å². The number of nitrogen functional groups attached to an aromatic ring is 1. The molecule has 21 heavy (non-hydrogen) atoms. The monoisotopic (exact) mass is 350 g/mol. The van der Waals surface area contributed by atoms with Gasteiger partial charge in [-0.1, -0.05) is 15.9 Å². The highest BCUT2D eigenvalue weighted by Crippen LogP contribution is 2.25. The number of anilines is 2. The summed E-state index contributed by atoms with van der Waals surface area (Å²) in [5, 5.41) is 2.81. The van der Waals surface area contributed by atoms with Crippen molar-refractivity contribution in [3.05, 3.63) is 46.1 Å². The van der Waals surface area contributed by atoms with Gasteiger partial charge in [-0.15, -0.1) is 0 Å². The minimum Gasteiger partial charge on any atom is -0.497 e. The van der Waals surface area contributed by atoms with Crippen LogP contribution in [0.5, 0.6) is 5.75 Å². The van der Waals surface area contributed by atoms with Gasteiger partial charge in [-0.2, -0.15) is 0 Å². The molecule has 0 aliphatic carbocycles. The zero-order chi connectivity index (χ0) is 15.4. The molecule has 0 unspecified atom stereocenters. The van der Waals surface area contributed by atoms with Gasteiger partial charge in [0.05, 0.1) is 7.11 Å². The van der Waals surface area contributed by atoms with Gasteiger partial charge >= 0.3 is 0 Å². The lowest BCUT2D eigenvalue weighted by atomic mass is 10.2. The van der Waals surface area contributed by atoms with Crippen LogP contribution in [0.4, 0.5) is 11.5 Å². The summed E-state index contributed by atoms with van der Waals surface area (Å²) in [7, 11) is 1.57. The van der Waals surface area contributed by atoms with Crippen molar-refractivity contribution in [2.24, 2.45) is 5.84 Å². The number of rotatable bonds is 4. The number of carbonyl (C=O) groups excluding carboxylic acids is 1. The smallest absolute Gasteiger partial charge is 0.255 e. The molecule has 1 aromatic carbocycles. The van der Waals surface area contributed by atoms with Crippen molar-refractivity contribution in [3.63, 3.8) is 0 Å². The number of amides is 1. The van der Waals surface area contributed by atoms with Crippen molar-refractivity contribution in [1.82, 2.24) is 4.98 Å². The largest absolute Gasteiger partial charge is 0.497 e. The Hall–Kier alpha value is -2.12. The summed E-state index contributed by atoms with van der Waals surface area (Å²) in [6.45, 7) is 1.79. The molecule has 2 aromatic rings. The molecule has 0 saturated carbocycles. The third-order valence-electron chi connectivity index (χ3n) is 2.73. The molecule has 0 spiro atoms. The van der Waals surface area contributed by atoms with Gasteiger partial charge in [-0.05, 0) is 31.2 Å². The van der Waals surface area contributed by atoms with Crippen LogP contribution in [0.15, 0.2) is 34.8 Å². The zero-order valence-electron chi connectivity index (χ0n) is 11.6. The summed E-state index contributed by atoms with van der Waals surface area (Å²) in [6, 6.07) is 8.60. The molecule has 4 N–H and O–H groups in total. The molecule has 0 radical (unpaired) electrons. The molecule has 0 bridgehead atoms. The molecular weight excluding hydrogens is 336 g/mol. The number of hydrazine groups is 1. The van der Waals surface area contributed by atoms with E-state index in [1.807, 2.05) is 6.07 Å². The van der Waals surface area contributed by atoms with Crippen molar-refractivity contribution >= 4 is 33.3 Å². The average molecular weight is 351 g/mol. The van der Waals surface area contributed by atoms with E-state index in [2.05, 4.69) is 31.7 Å². The summed E-state index contributed by atoms with van der Waals surface area (Å²) in [5.74, 6) is 6.16. The number of nitrogens with one attached hydrogen (secondary N) is 2. The molecule has 1 amide bonds. The number of benzene rings is 1. The molecule has 1 heterocycles. The van der Waals surface area contributed by atoms with Gasteiger partial charge in [0.2, 0.25) is 0 Å². The molecule has 0 aliphatic rings. The lowest BCUT2D eigenvalue weighted by molar-refractivity contribution is 0.102. The first-order valence-electron chi connectivity index (χ1n) is 6.13. The molecule has 7 heteroatoms. The maximum atomic E-state index is 12.3. The van der Waals surface area contributed by atoms with E-state index in [9.17, 15) is 4.79 Å². The summed E-state index contributed by atoms with van der Waals surface area (Å²) in [6.07, 6.45) is 0. The minimum atomic E-state index is -0.253. The fraction of sp³-hybridized carbons (Fsp3) is 0.143. The molecule has 0 fully saturated rings. The second kappa shape index (κ2) is 6.55. The number of nitrogens with zero attached hydrogens (tertiary/aromatic N) is 1. The van der Waals surface area contributed by atoms with Gasteiger partial charge in [-0.3, -0.25) is 4.79 Å². The van der Waals surface area contributed by atoms with Crippen LogP contribution in [0.25, 0.3) is 0 Å². The third kappa shape index (κ3) is 3.93. The van der Waals surface area contributed by atoms with E-state index >= 15 is 0 Å². The first-order valence-corrected chi connectivity index (χ1v) is 6.92. The Morgan fingerprint density at radius 1 is 1.29 bits per heavy atom. The van der Waals surface area contributed by atoms with Crippen LogP contribution in [0, 0.1) is 6.92 Å². The van der Waals surface area contributed by atoms with E-state index in [1.54, 1.807) is 38.3 Å². The lowest BCUT2D eigenvalue weighted by Crippen LogP contribution is -2.15. The zero-order valence-corrected chi connectivity index (χ0v) is 13.2. The normalized spacial score (nSPS) is 10.1. The topological polar surface area (TPSA) is 89.3 Å². The molecule has 0 atom stereocenters. The molecule has 0 saturated heterocycles. The van der Waals surface area contributed by atoms with Crippen molar-refractivity contribution in [2.75, 3.05) is 17.9 Å². The summed E-state index contributed by atoms with van der Waals surface area (Å²) >= 11 is 3.37. The van der Waals surface area contributed by atoms with E-state index < -0.39 is 0 Å². The van der Waals surface area contributed by atoms with Gasteiger partial charge in [0.1, 0.15) is 11.6 Å². The number of aromatic nitrogens is 1. The van der Waals surface area contributed by atoms with Crippen molar-refractivity contribution < 1.29 is 9.53 Å². The Labute approximate surface area is 130 Å². The van der Waals surface area contributed by atoms with Crippen LogP contribution in [0.3, 0.4) is 0 Å². The van der Waals surface area contributed by atoms with E-state index in [4.69, 9.17) is 10.6 Å². The molecule has 1 aromatic heterocycles. The van der Waals surface area contributed by atoms with Crippen molar-refractivity contribution in [2.45, 2.75) is 6.92 Å². The predicted molar refractivity (Wildman–Crippen MR) is 85.4 cm³/mol. The quantitative estimate of drug-likeness (QED) is 0.582. The van der Waals surface area contributed by atoms with E-state index in [1.165, 1.54) is 0 Å². The number of nitrogens with two attached hydrogens (primary N) is 1. The Bertz CT molecular complexity index is 676. The van der Waals surface area contributed by atoms with Crippen molar-refractivity contribution in [1.29, 1.82) is 0 Å². The summed E-state index contributed by atoms with van der Waals surface area (Å²) < 4.78 is 5.97. The number of aryl methyl sites for hydroxylation is 1. The second-order valence-electron chi connectivity index (χ2n) is 4.36. The molecule has 110 valence electrons. The van der Waals surface area contributed by atoms with Crippen LogP contribution < -0.4 is 21.3 Å². The Morgan fingerprint density at radius 2 is 2.05 bits per heavy atom. The average Bonchev–Trinajstić information content (AvgIpc) is 2.45. The van der Waals surface area contributed by atoms with E-state index in [-0.39, 0.29) is 5.91 Å². The van der Waals surface area contributed by atoms with Gasteiger partial charge in [0.15, 0.2) is 0 Å². The third-order valence-corrected chi connectivity index (χ3v) is 3.19. The fourth-order valence-corrected chi connectivity index (χ4v) is 2.30. The van der Waals surface area contributed by atoms with Gasteiger partial charge in [0, 0.05) is 27.5 Å². The fourth-order valence-electron chi connectivity index (χ4n) is 1.83. The predicted octanol–water partition coefficient (Wildman–Crippen LogP) is 2.70. The number of carbonyl (C=O) groups is 1. The first kappa shape index (κ1) is 15.3. The number of pyridine rings is 1. The Morgan fingerprint density at radius 3 is 2.71 bits per heavy atom. The van der Waals surface area contributed by atoms with Crippen LogP contribution in [-0.4, -0.2) is 18.0 Å². The van der Waals surface area contributed by atoms with Gasteiger partial charge in [0.25, 0.3) is 5.91 Å². The number of ether oxygens (including phenoxy) is 1. The van der Waals surface area contributed by atoms with Gasteiger partial charge in [-0.25, -0.2) is 10.8 Å². The SMILES string of the molecule is COc1cc(Br)cc(NC(=O)c2cc(C)nc(NN)c2)c1. The highest BCUT2D eigenvalue weighted by atomic mass is 79.9. The number of hydrogen-bond donors (Lipinski definition) is 3.